The molecule has 0 spiro atoms. The lowest BCUT2D eigenvalue weighted by Gasteiger charge is -2.55. The number of hydrogen-bond acceptors (Lipinski definition) is 2. The van der Waals surface area contributed by atoms with Gasteiger partial charge in [-0.05, 0) is 115 Å². The highest BCUT2D eigenvalue weighted by molar-refractivity contribution is 7.25. The molecule has 42 heavy (non-hydrogen) atoms. The first-order valence-electron chi connectivity index (χ1n) is 15.7. The Morgan fingerprint density at radius 3 is 1.90 bits per heavy atom. The molecular formula is C40H35NS. The van der Waals surface area contributed by atoms with E-state index >= 15 is 0 Å². The fraction of sp³-hybridized carbons (Fsp3) is 0.250. The predicted molar refractivity (Wildman–Crippen MR) is 179 cm³/mol. The highest BCUT2D eigenvalue weighted by atomic mass is 32.1. The summed E-state index contributed by atoms with van der Waals surface area (Å²) in [5.74, 6) is 4.32. The van der Waals surface area contributed by atoms with Gasteiger partial charge >= 0.3 is 0 Å². The zero-order valence-corrected chi connectivity index (χ0v) is 24.6. The summed E-state index contributed by atoms with van der Waals surface area (Å²) in [4.78, 5) is 2.55. The first-order chi connectivity index (χ1) is 20.8. The highest BCUT2D eigenvalue weighted by Crippen LogP contribution is 2.61. The zero-order valence-electron chi connectivity index (χ0n) is 23.8. The molecule has 5 aromatic carbocycles. The monoisotopic (exact) mass is 561 g/mol. The third-order valence-corrected chi connectivity index (χ3v) is 11.8. The molecule has 4 fully saturated rings. The smallest absolute Gasteiger partial charge is 0.0496 e. The van der Waals surface area contributed by atoms with Gasteiger partial charge in [-0.15, -0.1) is 11.3 Å². The summed E-state index contributed by atoms with van der Waals surface area (Å²) in [6.45, 7) is 0. The van der Waals surface area contributed by atoms with Crippen molar-refractivity contribution in [3.8, 4) is 11.1 Å². The minimum absolute atomic E-state index is 0.674. The Kier molecular flexibility index (Phi) is 5.79. The molecule has 4 bridgehead atoms. The van der Waals surface area contributed by atoms with Crippen molar-refractivity contribution in [1.29, 1.82) is 0 Å². The molecule has 0 unspecified atom stereocenters. The Morgan fingerprint density at radius 1 is 0.500 bits per heavy atom. The van der Waals surface area contributed by atoms with Gasteiger partial charge in [0.1, 0.15) is 0 Å². The molecule has 4 aliphatic rings. The van der Waals surface area contributed by atoms with Gasteiger partial charge in [0.05, 0.1) is 0 Å². The summed E-state index contributed by atoms with van der Waals surface area (Å²) < 4.78 is 2.71. The second-order valence-corrected chi connectivity index (χ2v) is 14.1. The molecular weight excluding hydrogens is 527 g/mol. The van der Waals surface area contributed by atoms with Crippen LogP contribution in [0.15, 0.2) is 121 Å². The molecule has 1 aromatic heterocycles. The van der Waals surface area contributed by atoms with Gasteiger partial charge in [-0.1, -0.05) is 84.9 Å². The van der Waals surface area contributed by atoms with E-state index in [1.807, 2.05) is 11.3 Å². The van der Waals surface area contributed by atoms with Crippen LogP contribution in [0.5, 0.6) is 0 Å². The predicted octanol–water partition coefficient (Wildman–Crippen LogP) is 11.7. The van der Waals surface area contributed by atoms with E-state index in [0.717, 1.165) is 23.7 Å². The lowest BCUT2D eigenvalue weighted by atomic mass is 9.50. The molecule has 4 saturated carbocycles. The molecule has 1 nitrogen and oxygen atoms in total. The molecule has 206 valence electrons. The lowest BCUT2D eigenvalue weighted by Crippen LogP contribution is -2.44. The highest BCUT2D eigenvalue weighted by Gasteiger charge is 2.49. The van der Waals surface area contributed by atoms with Crippen LogP contribution in [0.3, 0.4) is 0 Å². The summed E-state index contributed by atoms with van der Waals surface area (Å²) in [7, 11) is 0. The van der Waals surface area contributed by atoms with E-state index in [1.54, 1.807) is 5.56 Å². The summed E-state index contributed by atoms with van der Waals surface area (Å²) in [5.41, 5.74) is 7.92. The van der Waals surface area contributed by atoms with E-state index in [1.165, 1.54) is 80.5 Å². The van der Waals surface area contributed by atoms with Gasteiger partial charge in [-0.2, -0.15) is 0 Å². The molecule has 0 saturated heterocycles. The first kappa shape index (κ1) is 24.7. The van der Waals surface area contributed by atoms with Gasteiger partial charge in [0.2, 0.25) is 0 Å². The molecule has 6 aromatic rings. The average Bonchev–Trinajstić information content (AvgIpc) is 3.40. The second kappa shape index (κ2) is 9.85. The summed E-state index contributed by atoms with van der Waals surface area (Å²) >= 11 is 1.91. The largest absolute Gasteiger partial charge is 0.310 e. The van der Waals surface area contributed by atoms with Gasteiger partial charge in [-0.3, -0.25) is 0 Å². The van der Waals surface area contributed by atoms with Crippen molar-refractivity contribution in [2.24, 2.45) is 23.7 Å². The Balaban J connectivity index is 1.20. The van der Waals surface area contributed by atoms with E-state index < -0.39 is 0 Å². The number of anilines is 3. The van der Waals surface area contributed by atoms with Crippen LogP contribution in [-0.4, -0.2) is 0 Å². The van der Waals surface area contributed by atoms with Crippen LogP contribution >= 0.6 is 11.3 Å². The van der Waals surface area contributed by atoms with Crippen LogP contribution in [0, 0.1) is 23.7 Å². The van der Waals surface area contributed by atoms with Gasteiger partial charge in [0.25, 0.3) is 0 Å². The van der Waals surface area contributed by atoms with Crippen molar-refractivity contribution in [2.75, 3.05) is 4.90 Å². The van der Waals surface area contributed by atoms with Crippen LogP contribution in [-0.2, 0) is 0 Å². The molecule has 0 radical (unpaired) electrons. The van der Waals surface area contributed by atoms with Crippen LogP contribution in [0.2, 0.25) is 0 Å². The van der Waals surface area contributed by atoms with Crippen molar-refractivity contribution in [2.45, 2.75) is 38.0 Å². The first-order valence-corrected chi connectivity index (χ1v) is 16.6. The standard InChI is InChI=1S/C40H35NS/c1-2-8-28(9-3-1)29-14-16-32(17-15-29)41(33-18-19-35-34-10-5-7-13-38(34)42-39(35)25-33)37-12-6-4-11-36(37)40-30-21-26-20-27(23-30)24-31(40)22-26/h1-19,25-27,30-31,40H,20-24H2. The number of rotatable bonds is 5. The quantitative estimate of drug-likeness (QED) is 0.202. The van der Waals surface area contributed by atoms with Crippen LogP contribution in [0.1, 0.15) is 43.6 Å². The summed E-state index contributed by atoms with van der Waals surface area (Å²) in [6, 6.07) is 45.3. The molecule has 0 aliphatic heterocycles. The minimum Gasteiger partial charge on any atom is -0.310 e. The average molecular weight is 562 g/mol. The van der Waals surface area contributed by atoms with Crippen LogP contribution in [0.4, 0.5) is 17.1 Å². The maximum Gasteiger partial charge on any atom is 0.0496 e. The SMILES string of the molecule is c1ccc(-c2ccc(N(c3ccc4c(c3)sc3ccccc34)c3ccccc3C3C4CC5CC(C4)CC3C5)cc2)cc1. The van der Waals surface area contributed by atoms with E-state index in [9.17, 15) is 0 Å². The fourth-order valence-corrected chi connectivity index (χ4v) is 10.3. The van der Waals surface area contributed by atoms with Gasteiger partial charge in [0.15, 0.2) is 0 Å². The molecule has 2 heteroatoms. The van der Waals surface area contributed by atoms with Crippen LogP contribution in [0.25, 0.3) is 31.3 Å². The minimum atomic E-state index is 0.674. The maximum absolute atomic E-state index is 2.55. The topological polar surface area (TPSA) is 3.24 Å². The molecule has 10 rings (SSSR count). The van der Waals surface area contributed by atoms with Crippen molar-refractivity contribution in [3.63, 3.8) is 0 Å². The molecule has 1 heterocycles. The number of fused-ring (bicyclic) bond motifs is 3. The fourth-order valence-electron chi connectivity index (χ4n) is 9.12. The maximum atomic E-state index is 2.55. The number of para-hydroxylation sites is 1. The summed E-state index contributed by atoms with van der Waals surface area (Å²) in [5, 5.41) is 2.71. The summed E-state index contributed by atoms with van der Waals surface area (Å²) in [6.07, 6.45) is 7.24. The van der Waals surface area contributed by atoms with Crippen LogP contribution < -0.4 is 4.90 Å². The molecule has 0 atom stereocenters. The second-order valence-electron chi connectivity index (χ2n) is 13.0. The van der Waals surface area contributed by atoms with E-state index in [-0.39, 0.29) is 0 Å². The van der Waals surface area contributed by atoms with E-state index in [2.05, 4.69) is 126 Å². The molecule has 0 N–H and O–H groups in total. The van der Waals surface area contributed by atoms with Crippen molar-refractivity contribution in [3.05, 3.63) is 127 Å². The number of nitrogens with zero attached hydrogens (tertiary/aromatic N) is 1. The van der Waals surface area contributed by atoms with Gasteiger partial charge in [0, 0.05) is 37.2 Å². The Morgan fingerprint density at radius 2 is 1.12 bits per heavy atom. The van der Waals surface area contributed by atoms with Gasteiger partial charge in [-0.25, -0.2) is 0 Å². The number of benzene rings is 5. The van der Waals surface area contributed by atoms with Crippen molar-refractivity contribution < 1.29 is 0 Å². The van der Waals surface area contributed by atoms with Crippen molar-refractivity contribution >= 4 is 48.6 Å². The molecule has 4 aliphatic carbocycles. The van der Waals surface area contributed by atoms with Crippen molar-refractivity contribution in [1.82, 2.24) is 0 Å². The van der Waals surface area contributed by atoms with E-state index in [0.29, 0.717) is 5.92 Å². The third kappa shape index (κ3) is 4.03. The zero-order chi connectivity index (χ0) is 27.6. The Hall–Kier alpha value is -3.88. The normalized spacial score (nSPS) is 24.4. The lowest BCUT2D eigenvalue weighted by molar-refractivity contribution is -0.00259. The number of thiophene rings is 1. The Bertz CT molecular complexity index is 1870. The van der Waals surface area contributed by atoms with Gasteiger partial charge < -0.3 is 4.90 Å². The molecule has 0 amide bonds. The number of hydrogen-bond donors (Lipinski definition) is 0. The third-order valence-electron chi connectivity index (χ3n) is 10.6. The van der Waals surface area contributed by atoms with E-state index in [4.69, 9.17) is 0 Å². The Labute approximate surface area is 252 Å².